The van der Waals surface area contributed by atoms with Gasteiger partial charge in [-0.15, -0.1) is 61.4 Å². The molecule has 30 heteroatoms. The summed E-state index contributed by atoms with van der Waals surface area (Å²) in [6, 6.07) is 65.9. The monoisotopic (exact) mass is 1600 g/mol. The maximum absolute atomic E-state index is 13.0. The van der Waals surface area contributed by atoms with E-state index in [2.05, 4.69) is 30.7 Å². The van der Waals surface area contributed by atoms with Gasteiger partial charge in [-0.25, -0.2) is 29.9 Å². The van der Waals surface area contributed by atoms with Gasteiger partial charge < -0.3 is 30.6 Å². The predicted molar refractivity (Wildman–Crippen MR) is 448 cm³/mol. The normalized spacial score (nSPS) is 13.1. The molecule has 0 fully saturated rings. The van der Waals surface area contributed by atoms with E-state index >= 15 is 0 Å². The number of benzene rings is 12. The predicted octanol–water partition coefficient (Wildman–Crippen LogP) is 25.9. The number of phenolic OH excluding ortho intramolecular Hbond substituents is 6. The van der Waals surface area contributed by atoms with Crippen LogP contribution in [-0.2, 0) is 38.5 Å². The second kappa shape index (κ2) is 30.2. The van der Waals surface area contributed by atoms with Crippen molar-refractivity contribution in [1.82, 2.24) is 29.9 Å². The summed E-state index contributed by atoms with van der Waals surface area (Å²) in [5.41, 5.74) is 9.58. The van der Waals surface area contributed by atoms with Gasteiger partial charge in [0.1, 0.15) is 34.5 Å². The average Bonchev–Trinajstić information content (AvgIpc) is 1.44. The number of phenols is 6. The third-order valence-electron chi connectivity index (χ3n) is 19.0. The fourth-order valence-electron chi connectivity index (χ4n) is 13.7. The zero-order valence-electron chi connectivity index (χ0n) is 59.2. The SMILES string of the molecule is Oc1c2cc(N=Nc3nc4ccccc4s3)cc1Cc1cc(N=Nc3nc4ccccc4s3)cc(c1O)Cc1cc(N=Nc3nc4ccccc4s3)cc(c1O)Cc1cc(N=Nc3nc4ccccc4s3)cc(c1O)Cc1cc(N=Nc3nc4ccccc4s3)cc(c1O)Cc1cc(N=Nc3nc4ccccc4s3)cc(c1O)C2. The summed E-state index contributed by atoms with van der Waals surface area (Å²) >= 11 is 8.11. The van der Waals surface area contributed by atoms with Gasteiger partial charge in [0.05, 0.1) is 95.4 Å². The van der Waals surface area contributed by atoms with Gasteiger partial charge in [-0.2, -0.15) is 0 Å². The molecule has 0 saturated carbocycles. The number of hydrogen-bond acceptors (Lipinski definition) is 30. The largest absolute Gasteiger partial charge is 0.507 e. The van der Waals surface area contributed by atoms with Crippen LogP contribution in [0.15, 0.2) is 280 Å². The number of nitrogens with zero attached hydrogens (tertiary/aromatic N) is 18. The molecule has 18 aromatic rings. The Kier molecular flexibility index (Phi) is 18.8. The molecule has 24 nitrogen and oxygen atoms in total. The third kappa shape index (κ3) is 14.9. The van der Waals surface area contributed by atoms with Crippen molar-refractivity contribution in [2.45, 2.75) is 38.5 Å². The van der Waals surface area contributed by atoms with E-state index in [9.17, 15) is 30.6 Å². The topological polar surface area (TPSA) is 347 Å². The zero-order valence-corrected chi connectivity index (χ0v) is 64.1. The lowest BCUT2D eigenvalue weighted by Gasteiger charge is -2.18. The van der Waals surface area contributed by atoms with Gasteiger partial charge >= 0.3 is 0 Å². The first-order valence-corrected chi connectivity index (χ1v) is 40.4. The fourth-order valence-corrected chi connectivity index (χ4v) is 18.4. The molecule has 552 valence electrons. The molecule has 6 aromatic heterocycles. The van der Waals surface area contributed by atoms with E-state index in [0.717, 1.165) is 61.3 Å². The number of thiazole rings is 6. The van der Waals surface area contributed by atoms with Gasteiger partial charge in [0, 0.05) is 105 Å². The molecule has 0 amide bonds. The van der Waals surface area contributed by atoms with Gasteiger partial charge in [0.2, 0.25) is 30.8 Å². The van der Waals surface area contributed by atoms with E-state index in [0.29, 0.717) is 64.9 Å². The quantitative estimate of drug-likeness (QED) is 0.0622. The van der Waals surface area contributed by atoms with Crippen LogP contribution in [0.25, 0.3) is 61.3 Å². The maximum atomic E-state index is 13.0. The molecule has 0 radical (unpaired) electrons. The number of azo groups is 6. The number of rotatable bonds is 12. The van der Waals surface area contributed by atoms with Crippen molar-refractivity contribution in [2.75, 3.05) is 0 Å². The number of aromatic nitrogens is 6. The van der Waals surface area contributed by atoms with Gasteiger partial charge in [-0.05, 0) is 146 Å². The van der Waals surface area contributed by atoms with Crippen LogP contribution in [0.3, 0.4) is 0 Å². The van der Waals surface area contributed by atoms with Crippen LogP contribution in [0, 0.1) is 0 Å². The van der Waals surface area contributed by atoms with Crippen LogP contribution in [0.2, 0.25) is 0 Å². The molecule has 114 heavy (non-hydrogen) atoms. The first kappa shape index (κ1) is 70.7. The lowest BCUT2D eigenvalue weighted by atomic mass is 9.90. The Morgan fingerprint density at radius 3 is 0.447 bits per heavy atom. The number of hydrogen-bond donors (Lipinski definition) is 6. The molecule has 1 aliphatic rings. The molecule has 1 aliphatic carbocycles. The van der Waals surface area contributed by atoms with Crippen LogP contribution in [0.4, 0.5) is 64.9 Å². The molecular formula is C84H54N18O6S6. The van der Waals surface area contributed by atoms with Gasteiger partial charge in [-0.1, -0.05) is 141 Å². The Morgan fingerprint density at radius 2 is 0.316 bits per heavy atom. The minimum absolute atomic E-state index is 0.156. The van der Waals surface area contributed by atoms with Crippen molar-refractivity contribution >= 4 is 194 Å². The molecule has 0 spiro atoms. The summed E-state index contributed by atoms with van der Waals surface area (Å²) in [6.07, 6.45) is -0.938. The molecular weight excluding hydrogens is 1550 g/mol. The van der Waals surface area contributed by atoms with E-state index in [1.165, 1.54) is 68.0 Å². The van der Waals surface area contributed by atoms with Crippen molar-refractivity contribution in [1.29, 1.82) is 0 Å². The molecule has 0 unspecified atom stereocenters. The van der Waals surface area contributed by atoms with Crippen molar-refractivity contribution in [3.8, 4) is 34.5 Å². The summed E-state index contributed by atoms with van der Waals surface area (Å²) in [4.78, 5) is 28.4. The average molecular weight is 1600 g/mol. The Morgan fingerprint density at radius 1 is 0.184 bits per heavy atom. The lowest BCUT2D eigenvalue weighted by Crippen LogP contribution is -2.01. The summed E-state index contributed by atoms with van der Waals surface area (Å²) in [7, 11) is 0. The third-order valence-corrected chi connectivity index (χ3v) is 24.5. The highest BCUT2D eigenvalue weighted by Crippen LogP contribution is 2.47. The fraction of sp³-hybridized carbons (Fsp3) is 0.0714. The van der Waals surface area contributed by atoms with Crippen LogP contribution < -0.4 is 0 Å². The summed E-state index contributed by atoms with van der Waals surface area (Å²) in [5.74, 6) is -1.23. The van der Waals surface area contributed by atoms with Gasteiger partial charge in [0.25, 0.3) is 0 Å². The smallest absolute Gasteiger partial charge is 0.231 e. The Labute approximate surface area is 669 Å². The number of para-hydroxylation sites is 6. The number of fused-ring (bicyclic) bond motifs is 18. The standard InChI is InChI=1S/C84H54N18O6S6/c103-73-43-25-45-33-56(92-98-80-86-62-14-2-8-20-68(62)110-80)35-47(74(45)104)27-49-37-58(94-100-82-88-64-16-4-10-22-70(64)112-82)39-51(76(49)106)29-53-41-60(96-102-84-90-66-18-6-12-24-72(66)114-84)42-54(78(53)108)30-52-40-59(95-101-83-89-65-17-5-11-23-71(65)113-83)38-50(77(52)107)28-48-36-57(93-99-81-87-63-15-3-9-21-69(63)111-81)34-46(75(48)105)26-44(73)32-55(31-43)91-97-79-85-61-13-1-7-19-67(61)109-79/h1-24,31-42,103-108H,25-30H2. The summed E-state index contributed by atoms with van der Waals surface area (Å²) in [5, 5.41) is 137. The minimum atomic E-state index is -0.205. The molecule has 19 rings (SSSR count). The van der Waals surface area contributed by atoms with E-state index in [4.69, 9.17) is 60.6 Å². The first-order chi connectivity index (χ1) is 55.8. The van der Waals surface area contributed by atoms with Crippen LogP contribution >= 0.6 is 68.0 Å². The summed E-state index contributed by atoms with van der Waals surface area (Å²) in [6.45, 7) is 0. The molecule has 6 N–H and O–H groups in total. The van der Waals surface area contributed by atoms with Crippen molar-refractivity contribution in [2.24, 2.45) is 61.4 Å². The molecule has 0 saturated heterocycles. The molecule has 0 aliphatic heterocycles. The van der Waals surface area contributed by atoms with Crippen LogP contribution in [-0.4, -0.2) is 60.5 Å². The summed E-state index contributed by atoms with van der Waals surface area (Å²) < 4.78 is 5.41. The van der Waals surface area contributed by atoms with Crippen LogP contribution in [0.5, 0.6) is 34.5 Å². The highest BCUT2D eigenvalue weighted by molar-refractivity contribution is 7.23. The highest BCUT2D eigenvalue weighted by atomic mass is 32.1. The minimum Gasteiger partial charge on any atom is -0.507 e. The Hall–Kier alpha value is -13.6. The van der Waals surface area contributed by atoms with E-state index < -0.39 is 0 Å². The Bertz CT molecular complexity index is 5680. The molecule has 12 bridgehead atoms. The van der Waals surface area contributed by atoms with Crippen molar-refractivity contribution < 1.29 is 30.6 Å². The molecule has 12 aromatic carbocycles. The first-order valence-electron chi connectivity index (χ1n) is 35.5. The zero-order chi connectivity index (χ0) is 76.9. The molecule has 6 heterocycles. The number of aromatic hydroxyl groups is 6. The lowest BCUT2D eigenvalue weighted by molar-refractivity contribution is 0.451. The van der Waals surface area contributed by atoms with E-state index in [-0.39, 0.29) is 140 Å². The second-order valence-electron chi connectivity index (χ2n) is 26.7. The van der Waals surface area contributed by atoms with Crippen LogP contribution in [0.1, 0.15) is 66.8 Å². The second-order valence-corrected chi connectivity index (χ2v) is 32.8. The van der Waals surface area contributed by atoms with Crippen molar-refractivity contribution in [3.05, 3.63) is 285 Å². The maximum Gasteiger partial charge on any atom is 0.231 e. The van der Waals surface area contributed by atoms with Crippen molar-refractivity contribution in [3.63, 3.8) is 0 Å². The Balaban J connectivity index is 0.819. The molecule has 0 atom stereocenters. The highest BCUT2D eigenvalue weighted by Gasteiger charge is 2.25. The van der Waals surface area contributed by atoms with Gasteiger partial charge in [-0.3, -0.25) is 0 Å². The van der Waals surface area contributed by atoms with E-state index in [1.54, 1.807) is 72.8 Å². The van der Waals surface area contributed by atoms with E-state index in [1.807, 2.05) is 146 Å². The van der Waals surface area contributed by atoms with Gasteiger partial charge in [0.15, 0.2) is 0 Å².